The molecule has 1 saturated heterocycles. The lowest BCUT2D eigenvalue weighted by Gasteiger charge is -2.50. The molecule has 0 aromatic carbocycles. The first-order valence-corrected chi connectivity index (χ1v) is 9.59. The lowest BCUT2D eigenvalue weighted by molar-refractivity contribution is -0.132. The number of hydrogen-bond donors (Lipinski definition) is 0. The van der Waals surface area contributed by atoms with Gasteiger partial charge in [0.05, 0.1) is 10.6 Å². The van der Waals surface area contributed by atoms with Gasteiger partial charge in [-0.1, -0.05) is 52.7 Å². The van der Waals surface area contributed by atoms with Gasteiger partial charge in [0.15, 0.2) is 0 Å². The smallest absolute Gasteiger partial charge is 0.234 e. The quantitative estimate of drug-likeness (QED) is 0.686. The van der Waals surface area contributed by atoms with Crippen LogP contribution in [0.2, 0.25) is 0 Å². The molecule has 2 fully saturated rings. The SMILES string of the molecule is CCC/C=C/CN1C(=O)CS[C@]12C[C@H](C)CC[C@H]2C(C)C. The predicted molar refractivity (Wildman–Crippen MR) is 92.3 cm³/mol. The largest absolute Gasteiger partial charge is 0.323 e. The molecule has 0 N–H and O–H groups in total. The second-order valence-electron chi connectivity index (χ2n) is 7.14. The number of thioether (sulfide) groups is 1. The molecule has 2 aliphatic rings. The number of nitrogens with zero attached hydrogens (tertiary/aromatic N) is 1. The highest BCUT2D eigenvalue weighted by molar-refractivity contribution is 8.01. The van der Waals surface area contributed by atoms with Crippen molar-refractivity contribution in [2.75, 3.05) is 12.3 Å². The minimum atomic E-state index is 0.0689. The first-order valence-electron chi connectivity index (χ1n) is 8.60. The average molecular weight is 310 g/mol. The van der Waals surface area contributed by atoms with Crippen LogP contribution in [-0.4, -0.2) is 28.0 Å². The summed E-state index contributed by atoms with van der Waals surface area (Å²) in [7, 11) is 0. The molecule has 1 aliphatic heterocycles. The molecule has 0 unspecified atom stereocenters. The van der Waals surface area contributed by atoms with E-state index in [1.165, 1.54) is 25.7 Å². The third kappa shape index (κ3) is 3.49. The van der Waals surface area contributed by atoms with E-state index in [1.54, 1.807) is 0 Å². The number of hydrogen-bond acceptors (Lipinski definition) is 2. The Hall–Kier alpha value is -0.440. The van der Waals surface area contributed by atoms with E-state index < -0.39 is 0 Å². The van der Waals surface area contributed by atoms with Gasteiger partial charge in [-0.25, -0.2) is 0 Å². The van der Waals surface area contributed by atoms with E-state index in [0.717, 1.165) is 18.9 Å². The van der Waals surface area contributed by atoms with Gasteiger partial charge >= 0.3 is 0 Å². The molecular formula is C18H31NOS. The molecule has 1 saturated carbocycles. The summed E-state index contributed by atoms with van der Waals surface area (Å²) < 4.78 is 0. The number of unbranched alkanes of at least 4 members (excludes halogenated alkanes) is 1. The van der Waals surface area contributed by atoms with E-state index in [0.29, 0.717) is 23.5 Å². The van der Waals surface area contributed by atoms with E-state index in [1.807, 2.05) is 11.8 Å². The molecule has 120 valence electrons. The summed E-state index contributed by atoms with van der Waals surface area (Å²) in [6.07, 6.45) is 10.5. The van der Waals surface area contributed by atoms with Crippen LogP contribution in [0.15, 0.2) is 12.2 Å². The number of allylic oxidation sites excluding steroid dienone is 1. The summed E-state index contributed by atoms with van der Waals surface area (Å²) in [4.78, 5) is 14.7. The minimum Gasteiger partial charge on any atom is -0.323 e. The number of carbonyl (C=O) groups excluding carboxylic acids is 1. The van der Waals surface area contributed by atoms with Gasteiger partial charge in [-0.15, -0.1) is 11.8 Å². The highest BCUT2D eigenvalue weighted by Gasteiger charge is 2.53. The molecular weight excluding hydrogens is 278 g/mol. The van der Waals surface area contributed by atoms with Gasteiger partial charge in [-0.3, -0.25) is 4.79 Å². The van der Waals surface area contributed by atoms with Gasteiger partial charge in [-0.05, 0) is 37.0 Å². The van der Waals surface area contributed by atoms with Gasteiger partial charge in [-0.2, -0.15) is 0 Å². The maximum absolute atomic E-state index is 12.5. The molecule has 1 amide bonds. The van der Waals surface area contributed by atoms with Crippen molar-refractivity contribution in [2.45, 2.75) is 64.7 Å². The summed E-state index contributed by atoms with van der Waals surface area (Å²) >= 11 is 1.93. The molecule has 1 heterocycles. The van der Waals surface area contributed by atoms with Crippen LogP contribution >= 0.6 is 11.8 Å². The topological polar surface area (TPSA) is 20.3 Å². The second-order valence-corrected chi connectivity index (χ2v) is 8.42. The van der Waals surface area contributed by atoms with Crippen LogP contribution in [0.1, 0.15) is 59.8 Å². The first kappa shape index (κ1) is 16.9. The van der Waals surface area contributed by atoms with Crippen LogP contribution in [0.3, 0.4) is 0 Å². The number of carbonyl (C=O) groups is 1. The van der Waals surface area contributed by atoms with Crippen LogP contribution in [0.25, 0.3) is 0 Å². The van der Waals surface area contributed by atoms with E-state index in [-0.39, 0.29) is 4.87 Å². The van der Waals surface area contributed by atoms with Gasteiger partial charge in [0.2, 0.25) is 5.91 Å². The molecule has 2 rings (SSSR count). The van der Waals surface area contributed by atoms with E-state index in [4.69, 9.17) is 0 Å². The Labute approximate surface area is 134 Å². The summed E-state index contributed by atoms with van der Waals surface area (Å²) in [6.45, 7) is 10.0. The fraction of sp³-hybridized carbons (Fsp3) is 0.833. The first-order chi connectivity index (χ1) is 10.0. The molecule has 21 heavy (non-hydrogen) atoms. The third-order valence-corrected chi connectivity index (χ3v) is 6.69. The van der Waals surface area contributed by atoms with Crippen molar-refractivity contribution >= 4 is 17.7 Å². The molecule has 0 aromatic rings. The molecule has 1 spiro atoms. The van der Waals surface area contributed by atoms with Crippen molar-refractivity contribution in [3.8, 4) is 0 Å². The van der Waals surface area contributed by atoms with E-state index >= 15 is 0 Å². The molecule has 3 atom stereocenters. The summed E-state index contributed by atoms with van der Waals surface area (Å²) in [5.41, 5.74) is 0. The summed E-state index contributed by atoms with van der Waals surface area (Å²) in [6, 6.07) is 0. The Morgan fingerprint density at radius 1 is 1.38 bits per heavy atom. The van der Waals surface area contributed by atoms with Crippen LogP contribution < -0.4 is 0 Å². The average Bonchev–Trinajstić information content (AvgIpc) is 2.72. The van der Waals surface area contributed by atoms with Crippen LogP contribution in [0, 0.1) is 17.8 Å². The van der Waals surface area contributed by atoms with Crippen molar-refractivity contribution in [3.63, 3.8) is 0 Å². The molecule has 0 aromatic heterocycles. The normalized spacial score (nSPS) is 33.8. The Bertz CT molecular complexity index is 393. The standard InChI is InChI=1S/C18H31NOS/c1-5-6-7-8-11-19-17(20)13-21-18(19)12-15(4)9-10-16(18)14(2)3/h7-8,14-16H,5-6,9-13H2,1-4H3/b8-7+/t15-,16+,18+/m1/s1. The van der Waals surface area contributed by atoms with Gasteiger partial charge < -0.3 is 4.90 Å². The van der Waals surface area contributed by atoms with Gasteiger partial charge in [0.25, 0.3) is 0 Å². The lowest BCUT2D eigenvalue weighted by Crippen LogP contribution is -2.54. The Balaban J connectivity index is 2.20. The Morgan fingerprint density at radius 3 is 2.81 bits per heavy atom. The maximum Gasteiger partial charge on any atom is 0.234 e. The van der Waals surface area contributed by atoms with Crippen LogP contribution in [0.5, 0.6) is 0 Å². The fourth-order valence-electron chi connectivity index (χ4n) is 4.05. The zero-order valence-corrected chi connectivity index (χ0v) is 14.9. The zero-order chi connectivity index (χ0) is 15.5. The molecule has 0 radical (unpaired) electrons. The predicted octanol–water partition coefficient (Wildman–Crippen LogP) is 4.71. The highest BCUT2D eigenvalue weighted by Crippen LogP contribution is 2.54. The summed E-state index contributed by atoms with van der Waals surface area (Å²) in [5.74, 6) is 3.06. The Morgan fingerprint density at radius 2 is 2.14 bits per heavy atom. The van der Waals surface area contributed by atoms with Crippen molar-refractivity contribution in [1.29, 1.82) is 0 Å². The lowest BCUT2D eigenvalue weighted by atomic mass is 9.72. The van der Waals surface area contributed by atoms with Crippen molar-refractivity contribution in [1.82, 2.24) is 4.90 Å². The van der Waals surface area contributed by atoms with Gasteiger partial charge in [0, 0.05) is 6.54 Å². The Kier molecular flexibility index (Phi) is 5.81. The van der Waals surface area contributed by atoms with Crippen LogP contribution in [0.4, 0.5) is 0 Å². The third-order valence-electron chi connectivity index (χ3n) is 5.11. The van der Waals surface area contributed by atoms with Crippen molar-refractivity contribution in [2.24, 2.45) is 17.8 Å². The van der Waals surface area contributed by atoms with E-state index in [2.05, 4.69) is 44.7 Å². The number of amides is 1. The van der Waals surface area contributed by atoms with Crippen LogP contribution in [-0.2, 0) is 4.79 Å². The zero-order valence-electron chi connectivity index (χ0n) is 14.1. The molecule has 2 nitrogen and oxygen atoms in total. The number of rotatable bonds is 5. The molecule has 3 heteroatoms. The van der Waals surface area contributed by atoms with E-state index in [9.17, 15) is 4.79 Å². The van der Waals surface area contributed by atoms with Crippen molar-refractivity contribution in [3.05, 3.63) is 12.2 Å². The summed E-state index contributed by atoms with van der Waals surface area (Å²) in [5, 5.41) is 0. The van der Waals surface area contributed by atoms with Crippen molar-refractivity contribution < 1.29 is 4.79 Å². The molecule has 0 bridgehead atoms. The maximum atomic E-state index is 12.5. The minimum absolute atomic E-state index is 0.0689. The fourth-order valence-corrected chi connectivity index (χ4v) is 5.92. The highest BCUT2D eigenvalue weighted by atomic mass is 32.2. The second kappa shape index (κ2) is 7.21. The van der Waals surface area contributed by atoms with Gasteiger partial charge in [0.1, 0.15) is 0 Å². The monoisotopic (exact) mass is 309 g/mol. The molecule has 1 aliphatic carbocycles.